The number of imide groups is 1. The first-order valence-electron chi connectivity index (χ1n) is 5.52. The summed E-state index contributed by atoms with van der Waals surface area (Å²) in [4.78, 5) is 21.9. The lowest BCUT2D eigenvalue weighted by Gasteiger charge is -2.14. The van der Waals surface area contributed by atoms with E-state index in [0.717, 1.165) is 6.08 Å². The maximum atomic E-state index is 12.9. The summed E-state index contributed by atoms with van der Waals surface area (Å²) in [5.74, 6) is -0.900. The maximum Gasteiger partial charge on any atom is 0.417 e. The molecule has 0 aliphatic carbocycles. The van der Waals surface area contributed by atoms with Gasteiger partial charge in [-0.2, -0.15) is 26.3 Å². The SMILES string of the molecule is O=C1NC(=O)C(=Cc2ccc(C(F)(F)F)cc2C(F)(F)F)S1. The van der Waals surface area contributed by atoms with Gasteiger partial charge in [0.25, 0.3) is 11.1 Å². The smallest absolute Gasteiger partial charge is 0.282 e. The van der Waals surface area contributed by atoms with Crippen LogP contribution in [-0.4, -0.2) is 11.1 Å². The lowest BCUT2D eigenvalue weighted by atomic mass is 10.0. The highest BCUT2D eigenvalue weighted by atomic mass is 32.2. The number of carbonyl (C=O) groups is 2. The van der Waals surface area contributed by atoms with Crippen LogP contribution < -0.4 is 5.32 Å². The van der Waals surface area contributed by atoms with Crippen LogP contribution in [0.2, 0.25) is 0 Å². The molecule has 0 aromatic heterocycles. The van der Waals surface area contributed by atoms with Crippen LogP contribution in [0.5, 0.6) is 0 Å². The van der Waals surface area contributed by atoms with E-state index in [0.29, 0.717) is 23.9 Å². The molecule has 0 atom stereocenters. The van der Waals surface area contributed by atoms with Crippen molar-refractivity contribution in [3.8, 4) is 0 Å². The second kappa shape index (κ2) is 5.34. The van der Waals surface area contributed by atoms with Crippen molar-refractivity contribution in [1.82, 2.24) is 5.32 Å². The molecular formula is C12H5F6NO2S. The zero-order valence-corrected chi connectivity index (χ0v) is 11.1. The Bertz CT molecular complexity index is 677. The highest BCUT2D eigenvalue weighted by molar-refractivity contribution is 8.18. The molecule has 1 saturated heterocycles. The average molecular weight is 341 g/mol. The second-order valence-electron chi connectivity index (χ2n) is 4.15. The Morgan fingerprint density at radius 3 is 2.09 bits per heavy atom. The lowest BCUT2D eigenvalue weighted by Crippen LogP contribution is -2.18. The summed E-state index contributed by atoms with van der Waals surface area (Å²) in [6, 6.07) is 1.04. The molecule has 3 nitrogen and oxygen atoms in total. The summed E-state index contributed by atoms with van der Waals surface area (Å²) in [5, 5.41) is 1.07. The van der Waals surface area contributed by atoms with Crippen molar-refractivity contribution in [2.24, 2.45) is 0 Å². The minimum Gasteiger partial charge on any atom is -0.282 e. The van der Waals surface area contributed by atoms with Crippen LogP contribution in [0.1, 0.15) is 16.7 Å². The molecular weight excluding hydrogens is 336 g/mol. The Morgan fingerprint density at radius 1 is 1.00 bits per heavy atom. The van der Waals surface area contributed by atoms with Crippen molar-refractivity contribution in [3.05, 3.63) is 39.8 Å². The number of hydrogen-bond donors (Lipinski definition) is 1. The number of thioether (sulfide) groups is 1. The van der Waals surface area contributed by atoms with Gasteiger partial charge in [-0.25, -0.2) is 0 Å². The normalized spacial score (nSPS) is 18.0. The van der Waals surface area contributed by atoms with Crippen LogP contribution in [0.15, 0.2) is 23.1 Å². The first-order chi connectivity index (χ1) is 9.98. The first kappa shape index (κ1) is 16.4. The third kappa shape index (κ3) is 3.43. The van der Waals surface area contributed by atoms with Crippen LogP contribution in [0.3, 0.4) is 0 Å². The van der Waals surface area contributed by atoms with Crippen LogP contribution in [-0.2, 0) is 17.1 Å². The zero-order chi connectivity index (χ0) is 16.7. The molecule has 0 spiro atoms. The third-order valence-corrected chi connectivity index (χ3v) is 3.43. The van der Waals surface area contributed by atoms with Gasteiger partial charge in [-0.15, -0.1) is 0 Å². The van der Waals surface area contributed by atoms with Crippen LogP contribution >= 0.6 is 11.8 Å². The number of benzene rings is 1. The highest BCUT2D eigenvalue weighted by Crippen LogP contribution is 2.38. The summed E-state index contributed by atoms with van der Waals surface area (Å²) in [5.41, 5.74) is -3.63. The van der Waals surface area contributed by atoms with Crippen molar-refractivity contribution in [2.75, 3.05) is 0 Å². The van der Waals surface area contributed by atoms with Gasteiger partial charge in [0.1, 0.15) is 0 Å². The Kier molecular flexibility index (Phi) is 3.98. The fraction of sp³-hybridized carbons (Fsp3) is 0.167. The monoisotopic (exact) mass is 341 g/mol. The van der Waals surface area contributed by atoms with E-state index in [1.165, 1.54) is 0 Å². The Labute approximate surface area is 123 Å². The van der Waals surface area contributed by atoms with Gasteiger partial charge in [0, 0.05) is 0 Å². The molecule has 22 heavy (non-hydrogen) atoms. The molecule has 10 heteroatoms. The molecule has 1 aliphatic heterocycles. The Morgan fingerprint density at radius 2 is 1.64 bits per heavy atom. The summed E-state index contributed by atoms with van der Waals surface area (Å²) in [7, 11) is 0. The molecule has 1 aromatic rings. The molecule has 1 fully saturated rings. The number of carbonyl (C=O) groups excluding carboxylic acids is 2. The summed E-state index contributed by atoms with van der Waals surface area (Å²) >= 11 is 0.370. The van der Waals surface area contributed by atoms with Gasteiger partial charge in [-0.05, 0) is 35.5 Å². The fourth-order valence-corrected chi connectivity index (χ4v) is 2.34. The molecule has 0 radical (unpaired) electrons. The molecule has 0 bridgehead atoms. The predicted molar refractivity (Wildman–Crippen MR) is 65.6 cm³/mol. The molecule has 2 amide bonds. The number of nitrogens with one attached hydrogen (secondary N) is 1. The molecule has 1 heterocycles. The highest BCUT2D eigenvalue weighted by Gasteiger charge is 2.38. The lowest BCUT2D eigenvalue weighted by molar-refractivity contribution is -0.143. The Hall–Kier alpha value is -1.97. The van der Waals surface area contributed by atoms with Gasteiger partial charge >= 0.3 is 12.4 Å². The molecule has 118 valence electrons. The van der Waals surface area contributed by atoms with Crippen molar-refractivity contribution in [2.45, 2.75) is 12.4 Å². The van der Waals surface area contributed by atoms with Crippen molar-refractivity contribution >= 4 is 29.0 Å². The van der Waals surface area contributed by atoms with Gasteiger partial charge in [0.2, 0.25) is 0 Å². The topological polar surface area (TPSA) is 46.2 Å². The largest absolute Gasteiger partial charge is 0.417 e. The molecule has 1 N–H and O–H groups in total. The van der Waals surface area contributed by atoms with E-state index in [-0.39, 0.29) is 11.0 Å². The van der Waals surface area contributed by atoms with E-state index in [9.17, 15) is 35.9 Å². The van der Waals surface area contributed by atoms with Crippen molar-refractivity contribution in [3.63, 3.8) is 0 Å². The minimum atomic E-state index is -5.04. The van der Waals surface area contributed by atoms with Gasteiger partial charge in [-0.1, -0.05) is 6.07 Å². The minimum absolute atomic E-state index is 0.0360. The zero-order valence-electron chi connectivity index (χ0n) is 10.3. The van der Waals surface area contributed by atoms with Crippen molar-refractivity contribution < 1.29 is 35.9 Å². The molecule has 0 saturated carbocycles. The van der Waals surface area contributed by atoms with Crippen LogP contribution in [0, 0.1) is 0 Å². The summed E-state index contributed by atoms with van der Waals surface area (Å²) in [6.07, 6.45) is -9.24. The fourth-order valence-electron chi connectivity index (χ4n) is 1.67. The molecule has 1 aromatic carbocycles. The standard InChI is InChI=1S/C12H5F6NO2S/c13-11(14,15)6-2-1-5(7(4-6)12(16,17)18)3-8-9(20)19-10(21)22-8/h1-4H,(H,19,20,21). The van der Waals surface area contributed by atoms with E-state index < -0.39 is 40.2 Å². The number of halogens is 6. The maximum absolute atomic E-state index is 12.9. The van der Waals surface area contributed by atoms with Gasteiger partial charge in [0.05, 0.1) is 16.0 Å². The number of hydrogen-bond acceptors (Lipinski definition) is 3. The molecule has 1 aliphatic rings. The van der Waals surface area contributed by atoms with Gasteiger partial charge < -0.3 is 0 Å². The number of alkyl halides is 6. The summed E-state index contributed by atoms with van der Waals surface area (Å²) < 4.78 is 76.2. The molecule has 2 rings (SSSR count). The summed E-state index contributed by atoms with van der Waals surface area (Å²) in [6.45, 7) is 0. The van der Waals surface area contributed by atoms with E-state index in [1.807, 2.05) is 5.32 Å². The van der Waals surface area contributed by atoms with E-state index in [4.69, 9.17) is 0 Å². The van der Waals surface area contributed by atoms with Crippen molar-refractivity contribution in [1.29, 1.82) is 0 Å². The number of rotatable bonds is 1. The second-order valence-corrected chi connectivity index (χ2v) is 5.16. The molecule has 0 unspecified atom stereocenters. The first-order valence-corrected chi connectivity index (χ1v) is 6.33. The van der Waals surface area contributed by atoms with Crippen LogP contribution in [0.25, 0.3) is 6.08 Å². The average Bonchev–Trinajstić information content (AvgIpc) is 2.65. The third-order valence-electron chi connectivity index (χ3n) is 2.61. The van der Waals surface area contributed by atoms with Gasteiger partial charge in [0.15, 0.2) is 0 Å². The van der Waals surface area contributed by atoms with Gasteiger partial charge in [-0.3, -0.25) is 14.9 Å². The number of amides is 2. The van der Waals surface area contributed by atoms with Crippen LogP contribution in [0.4, 0.5) is 31.1 Å². The van der Waals surface area contributed by atoms with E-state index in [2.05, 4.69) is 0 Å². The quantitative estimate of drug-likeness (QED) is 0.619. The Balaban J connectivity index is 2.55. The van der Waals surface area contributed by atoms with E-state index in [1.54, 1.807) is 0 Å². The predicted octanol–water partition coefficient (Wildman–Crippen LogP) is 4.05. The van der Waals surface area contributed by atoms with E-state index >= 15 is 0 Å².